The Kier molecular flexibility index (Phi) is 5.25. The molecule has 2 aromatic heterocycles. The van der Waals surface area contributed by atoms with Crippen LogP contribution in [-0.4, -0.2) is 64.7 Å². The van der Waals surface area contributed by atoms with Gasteiger partial charge in [-0.2, -0.15) is 0 Å². The van der Waals surface area contributed by atoms with Crippen molar-refractivity contribution in [3.8, 4) is 0 Å². The van der Waals surface area contributed by atoms with Crippen LogP contribution in [0.4, 0.5) is 10.6 Å². The molecular formula is C19H26N4O4. The zero-order valence-electron chi connectivity index (χ0n) is 16.3. The molecule has 0 N–H and O–H groups in total. The average Bonchev–Trinajstić information content (AvgIpc) is 3.05. The van der Waals surface area contributed by atoms with Crippen molar-refractivity contribution < 1.29 is 19.1 Å². The lowest BCUT2D eigenvalue weighted by molar-refractivity contribution is 0.0240. The number of hydrogen-bond donors (Lipinski definition) is 0. The fourth-order valence-electron chi connectivity index (χ4n) is 3.00. The third-order valence-corrected chi connectivity index (χ3v) is 4.21. The minimum atomic E-state index is -0.500. The van der Waals surface area contributed by atoms with E-state index in [1.165, 1.54) is 0 Å². The van der Waals surface area contributed by atoms with Gasteiger partial charge in [0.1, 0.15) is 17.1 Å². The van der Waals surface area contributed by atoms with Crippen molar-refractivity contribution in [2.75, 3.05) is 37.7 Å². The number of imidazole rings is 1. The lowest BCUT2D eigenvalue weighted by atomic mass is 10.2. The summed E-state index contributed by atoms with van der Waals surface area (Å²) in [5.74, 6) is 0.501. The molecule has 3 heterocycles. The molecule has 27 heavy (non-hydrogen) atoms. The predicted octanol–water partition coefficient (Wildman–Crippen LogP) is 2.57. The Labute approximate surface area is 158 Å². The zero-order chi connectivity index (χ0) is 19.6. The van der Waals surface area contributed by atoms with Crippen molar-refractivity contribution in [2.24, 2.45) is 0 Å². The van der Waals surface area contributed by atoms with Crippen molar-refractivity contribution in [2.45, 2.75) is 33.3 Å². The number of carbonyl (C=O) groups excluding carboxylic acids is 2. The van der Waals surface area contributed by atoms with Gasteiger partial charge in [-0.05, 0) is 39.8 Å². The van der Waals surface area contributed by atoms with Gasteiger partial charge < -0.3 is 19.3 Å². The van der Waals surface area contributed by atoms with Crippen molar-refractivity contribution in [1.29, 1.82) is 0 Å². The van der Waals surface area contributed by atoms with Crippen LogP contribution in [-0.2, 0) is 9.47 Å². The highest BCUT2D eigenvalue weighted by molar-refractivity contribution is 5.88. The largest absolute Gasteiger partial charge is 0.461 e. The first-order valence-electron chi connectivity index (χ1n) is 9.16. The number of nitrogens with zero attached hydrogens (tertiary/aromatic N) is 4. The van der Waals surface area contributed by atoms with Gasteiger partial charge in [-0.15, -0.1) is 0 Å². The maximum absolute atomic E-state index is 12.2. The van der Waals surface area contributed by atoms with Crippen molar-refractivity contribution in [1.82, 2.24) is 14.3 Å². The number of fused-ring (bicyclic) bond motifs is 1. The van der Waals surface area contributed by atoms with Crippen LogP contribution < -0.4 is 4.90 Å². The standard InChI is InChI=1S/C19H26N4O4/c1-5-26-17(24)14-13-23-15(20-14)7-6-8-16(23)21-9-11-22(12-10-21)18(25)27-19(2,3)4/h6-8,13H,5,9-12H2,1-4H3. The summed E-state index contributed by atoms with van der Waals surface area (Å²) in [6.07, 6.45) is 1.41. The van der Waals surface area contributed by atoms with Crippen LogP contribution in [0.5, 0.6) is 0 Å². The topological polar surface area (TPSA) is 76.4 Å². The average molecular weight is 374 g/mol. The van der Waals surface area contributed by atoms with Gasteiger partial charge in [0.25, 0.3) is 0 Å². The van der Waals surface area contributed by atoms with Gasteiger partial charge in [0, 0.05) is 32.4 Å². The molecule has 1 saturated heterocycles. The minimum Gasteiger partial charge on any atom is -0.461 e. The number of carbonyl (C=O) groups is 2. The Morgan fingerprint density at radius 1 is 1.15 bits per heavy atom. The van der Waals surface area contributed by atoms with E-state index in [2.05, 4.69) is 9.88 Å². The van der Waals surface area contributed by atoms with Gasteiger partial charge in [0.05, 0.1) is 6.61 Å². The van der Waals surface area contributed by atoms with Gasteiger partial charge in [0.15, 0.2) is 5.69 Å². The molecule has 3 rings (SSSR count). The van der Waals surface area contributed by atoms with Gasteiger partial charge in [-0.3, -0.25) is 4.40 Å². The zero-order valence-corrected chi connectivity index (χ0v) is 16.3. The van der Waals surface area contributed by atoms with E-state index in [0.29, 0.717) is 38.4 Å². The second kappa shape index (κ2) is 7.46. The maximum Gasteiger partial charge on any atom is 0.410 e. The lowest BCUT2D eigenvalue weighted by Gasteiger charge is -2.36. The van der Waals surface area contributed by atoms with E-state index in [1.807, 2.05) is 43.4 Å². The summed E-state index contributed by atoms with van der Waals surface area (Å²) in [7, 11) is 0. The summed E-state index contributed by atoms with van der Waals surface area (Å²) in [6, 6.07) is 5.74. The summed E-state index contributed by atoms with van der Waals surface area (Å²) >= 11 is 0. The molecule has 0 aromatic carbocycles. The molecule has 1 amide bonds. The highest BCUT2D eigenvalue weighted by Gasteiger charge is 2.27. The minimum absolute atomic E-state index is 0.285. The molecule has 1 fully saturated rings. The molecule has 0 bridgehead atoms. The number of pyridine rings is 1. The quantitative estimate of drug-likeness (QED) is 0.769. The number of hydrogen-bond acceptors (Lipinski definition) is 6. The molecule has 0 spiro atoms. The van der Waals surface area contributed by atoms with Gasteiger partial charge >= 0.3 is 12.1 Å². The first kappa shape index (κ1) is 19.0. The molecule has 2 aromatic rings. The first-order chi connectivity index (χ1) is 12.8. The molecular weight excluding hydrogens is 348 g/mol. The molecule has 0 radical (unpaired) electrons. The van der Waals surface area contributed by atoms with E-state index in [9.17, 15) is 9.59 Å². The fraction of sp³-hybridized carbons (Fsp3) is 0.526. The van der Waals surface area contributed by atoms with Crippen LogP contribution in [0.25, 0.3) is 5.65 Å². The molecule has 8 heteroatoms. The first-order valence-corrected chi connectivity index (χ1v) is 9.16. The summed E-state index contributed by atoms with van der Waals surface area (Å²) < 4.78 is 12.4. The van der Waals surface area contributed by atoms with Crippen LogP contribution >= 0.6 is 0 Å². The van der Waals surface area contributed by atoms with Crippen molar-refractivity contribution in [3.63, 3.8) is 0 Å². The van der Waals surface area contributed by atoms with Crippen molar-refractivity contribution in [3.05, 3.63) is 30.1 Å². The van der Waals surface area contributed by atoms with E-state index in [-0.39, 0.29) is 11.8 Å². The molecule has 1 aliphatic heterocycles. The van der Waals surface area contributed by atoms with Crippen LogP contribution in [0.3, 0.4) is 0 Å². The summed E-state index contributed by atoms with van der Waals surface area (Å²) in [5, 5.41) is 0. The van der Waals surface area contributed by atoms with Crippen LogP contribution in [0, 0.1) is 0 Å². The summed E-state index contributed by atoms with van der Waals surface area (Å²) in [4.78, 5) is 32.4. The van der Waals surface area contributed by atoms with Gasteiger partial charge in [0.2, 0.25) is 0 Å². The molecule has 0 unspecified atom stereocenters. The fourth-order valence-corrected chi connectivity index (χ4v) is 3.00. The molecule has 0 atom stereocenters. The summed E-state index contributed by atoms with van der Waals surface area (Å²) in [5.41, 5.74) is 0.474. The Bertz CT molecular complexity index is 832. The molecule has 0 aliphatic carbocycles. The van der Waals surface area contributed by atoms with E-state index < -0.39 is 11.6 Å². The summed E-state index contributed by atoms with van der Waals surface area (Å²) in [6.45, 7) is 10.2. The smallest absolute Gasteiger partial charge is 0.410 e. The lowest BCUT2D eigenvalue weighted by Crippen LogP contribution is -2.50. The van der Waals surface area contributed by atoms with E-state index in [0.717, 1.165) is 5.82 Å². The maximum atomic E-state index is 12.2. The van der Waals surface area contributed by atoms with Crippen molar-refractivity contribution >= 4 is 23.5 Å². The SMILES string of the molecule is CCOC(=O)c1cn2c(N3CCN(C(=O)OC(C)(C)C)CC3)cccc2n1. The number of aromatic nitrogens is 2. The van der Waals surface area contributed by atoms with Gasteiger partial charge in [-0.1, -0.05) is 6.07 Å². The molecule has 8 nitrogen and oxygen atoms in total. The Morgan fingerprint density at radius 2 is 1.85 bits per heavy atom. The van der Waals surface area contributed by atoms with Crippen LogP contribution in [0.15, 0.2) is 24.4 Å². The molecule has 146 valence electrons. The molecule has 1 aliphatic rings. The predicted molar refractivity (Wildman–Crippen MR) is 101 cm³/mol. The van der Waals surface area contributed by atoms with Crippen LogP contribution in [0.2, 0.25) is 0 Å². The Balaban J connectivity index is 1.73. The normalized spacial score (nSPS) is 15.1. The highest BCUT2D eigenvalue weighted by atomic mass is 16.6. The molecule has 0 saturated carbocycles. The second-order valence-electron chi connectivity index (χ2n) is 7.41. The number of esters is 1. The third-order valence-electron chi connectivity index (χ3n) is 4.21. The second-order valence-corrected chi connectivity index (χ2v) is 7.41. The third kappa shape index (κ3) is 4.32. The Morgan fingerprint density at radius 3 is 2.48 bits per heavy atom. The number of amides is 1. The number of anilines is 1. The van der Waals surface area contributed by atoms with E-state index in [1.54, 1.807) is 18.0 Å². The van der Waals surface area contributed by atoms with E-state index >= 15 is 0 Å². The number of piperazine rings is 1. The Hall–Kier alpha value is -2.77. The number of ether oxygens (including phenoxy) is 2. The van der Waals surface area contributed by atoms with E-state index in [4.69, 9.17) is 9.47 Å². The monoisotopic (exact) mass is 374 g/mol. The highest BCUT2D eigenvalue weighted by Crippen LogP contribution is 2.21. The van der Waals surface area contributed by atoms with Gasteiger partial charge in [-0.25, -0.2) is 14.6 Å². The van der Waals surface area contributed by atoms with Crippen LogP contribution in [0.1, 0.15) is 38.2 Å². The number of rotatable bonds is 3.